The predicted octanol–water partition coefficient (Wildman–Crippen LogP) is 3.15. The standard InChI is InChI=1S/C21H20F3N5O3S/c1-12-11-29(8-6-21(12,23)24)19-15(10-14-16(22)3-2-4-17(14)28-19)20(30)27-13-5-7-26-18(9-13)33(25,31)32/h2-5,7,9-10,12H,6,8,11H2,1H3,(H2,25,31,32)(H,26,27,30). The molecule has 1 aliphatic rings. The van der Waals surface area contributed by atoms with E-state index in [-0.39, 0.29) is 41.1 Å². The highest BCUT2D eigenvalue weighted by molar-refractivity contribution is 7.89. The van der Waals surface area contributed by atoms with Crippen molar-refractivity contribution in [2.75, 3.05) is 23.3 Å². The van der Waals surface area contributed by atoms with E-state index in [9.17, 15) is 26.4 Å². The van der Waals surface area contributed by atoms with Gasteiger partial charge in [-0.15, -0.1) is 0 Å². The van der Waals surface area contributed by atoms with E-state index in [1.807, 2.05) is 0 Å². The van der Waals surface area contributed by atoms with E-state index < -0.39 is 45.0 Å². The van der Waals surface area contributed by atoms with Crippen LogP contribution in [0.15, 0.2) is 47.6 Å². The molecule has 0 bridgehead atoms. The van der Waals surface area contributed by atoms with Gasteiger partial charge < -0.3 is 10.2 Å². The number of primary sulfonamides is 1. The Labute approximate surface area is 187 Å². The minimum absolute atomic E-state index is 0.0426. The second-order valence-electron chi connectivity index (χ2n) is 7.91. The molecule has 1 amide bonds. The van der Waals surface area contributed by atoms with Gasteiger partial charge in [0, 0.05) is 48.8 Å². The number of amides is 1. The number of carbonyl (C=O) groups is 1. The van der Waals surface area contributed by atoms with E-state index in [0.29, 0.717) is 0 Å². The van der Waals surface area contributed by atoms with Crippen LogP contribution in [0.2, 0.25) is 0 Å². The second kappa shape index (κ2) is 8.27. The molecule has 12 heteroatoms. The Morgan fingerprint density at radius 2 is 2.03 bits per heavy atom. The molecule has 1 fully saturated rings. The van der Waals surface area contributed by atoms with Crippen LogP contribution >= 0.6 is 0 Å². The van der Waals surface area contributed by atoms with Crippen LogP contribution in [0.3, 0.4) is 0 Å². The van der Waals surface area contributed by atoms with Crippen molar-refractivity contribution in [3.63, 3.8) is 0 Å². The van der Waals surface area contributed by atoms with Gasteiger partial charge in [0.1, 0.15) is 11.6 Å². The van der Waals surface area contributed by atoms with Crippen LogP contribution in [-0.4, -0.2) is 43.3 Å². The maximum absolute atomic E-state index is 14.4. The Bertz CT molecular complexity index is 1350. The molecule has 0 radical (unpaired) electrons. The number of rotatable bonds is 4. The highest BCUT2D eigenvalue weighted by Crippen LogP contribution is 2.36. The molecule has 1 unspecified atom stereocenters. The maximum atomic E-state index is 14.4. The van der Waals surface area contributed by atoms with Gasteiger partial charge in [-0.25, -0.2) is 36.7 Å². The van der Waals surface area contributed by atoms with Gasteiger partial charge in [0.15, 0.2) is 5.03 Å². The summed E-state index contributed by atoms with van der Waals surface area (Å²) in [5.41, 5.74) is 0.308. The third-order valence-electron chi connectivity index (χ3n) is 5.54. The average molecular weight is 479 g/mol. The van der Waals surface area contributed by atoms with Crippen molar-refractivity contribution >= 4 is 38.3 Å². The van der Waals surface area contributed by atoms with Crippen LogP contribution in [-0.2, 0) is 10.0 Å². The lowest BCUT2D eigenvalue weighted by Gasteiger charge is -2.38. The number of benzene rings is 1. The van der Waals surface area contributed by atoms with Crippen LogP contribution < -0.4 is 15.4 Å². The van der Waals surface area contributed by atoms with Crippen molar-refractivity contribution in [3.05, 3.63) is 54.0 Å². The Kier molecular flexibility index (Phi) is 5.74. The molecule has 174 valence electrons. The number of hydrogen-bond acceptors (Lipinski definition) is 6. The topological polar surface area (TPSA) is 118 Å². The molecule has 0 aliphatic carbocycles. The lowest BCUT2D eigenvalue weighted by Crippen LogP contribution is -2.46. The number of piperidine rings is 1. The van der Waals surface area contributed by atoms with E-state index in [4.69, 9.17) is 5.14 Å². The molecule has 0 spiro atoms. The van der Waals surface area contributed by atoms with Crippen molar-refractivity contribution in [3.8, 4) is 0 Å². The SMILES string of the molecule is CC1CN(c2nc3cccc(F)c3cc2C(=O)Nc2ccnc(S(N)(=O)=O)c2)CCC1(F)F. The van der Waals surface area contributed by atoms with Crippen LogP contribution in [0.4, 0.5) is 24.7 Å². The van der Waals surface area contributed by atoms with Crippen LogP contribution in [0.1, 0.15) is 23.7 Å². The maximum Gasteiger partial charge on any atom is 0.259 e. The molecular formula is C21H20F3N5O3S. The Hall–Kier alpha value is -3.25. The molecule has 3 N–H and O–H groups in total. The van der Waals surface area contributed by atoms with Crippen molar-refractivity contribution in [1.29, 1.82) is 0 Å². The molecule has 1 aliphatic heterocycles. The van der Waals surface area contributed by atoms with Crippen LogP contribution in [0.25, 0.3) is 10.9 Å². The smallest absolute Gasteiger partial charge is 0.259 e. The fourth-order valence-electron chi connectivity index (χ4n) is 3.68. The first kappa shape index (κ1) is 22.9. The highest BCUT2D eigenvalue weighted by atomic mass is 32.2. The summed E-state index contributed by atoms with van der Waals surface area (Å²) in [5, 5.41) is 7.24. The summed E-state index contributed by atoms with van der Waals surface area (Å²) in [6.07, 6.45) is 0.739. The van der Waals surface area contributed by atoms with E-state index in [2.05, 4.69) is 15.3 Å². The summed E-state index contributed by atoms with van der Waals surface area (Å²) in [6.45, 7) is 1.32. The zero-order chi connectivity index (χ0) is 24.0. The summed E-state index contributed by atoms with van der Waals surface area (Å²) in [7, 11) is -4.11. The Balaban J connectivity index is 1.76. The van der Waals surface area contributed by atoms with Gasteiger partial charge in [-0.1, -0.05) is 13.0 Å². The third-order valence-corrected chi connectivity index (χ3v) is 6.35. The number of nitrogens with two attached hydrogens (primary N) is 1. The first-order valence-corrected chi connectivity index (χ1v) is 11.5. The number of nitrogens with zero attached hydrogens (tertiary/aromatic N) is 3. The fraction of sp³-hybridized carbons (Fsp3) is 0.286. The predicted molar refractivity (Wildman–Crippen MR) is 116 cm³/mol. The van der Waals surface area contributed by atoms with E-state index >= 15 is 0 Å². The molecule has 3 heterocycles. The number of fused-ring (bicyclic) bond motifs is 1. The average Bonchev–Trinajstić information content (AvgIpc) is 2.75. The van der Waals surface area contributed by atoms with Crippen molar-refractivity contribution in [2.24, 2.45) is 11.1 Å². The quantitative estimate of drug-likeness (QED) is 0.594. The minimum atomic E-state index is -4.11. The molecule has 1 aromatic carbocycles. The van der Waals surface area contributed by atoms with Crippen LogP contribution in [0.5, 0.6) is 0 Å². The molecular weight excluding hydrogens is 459 g/mol. The lowest BCUT2D eigenvalue weighted by atomic mass is 9.95. The molecule has 33 heavy (non-hydrogen) atoms. The van der Waals surface area contributed by atoms with Gasteiger partial charge in [0.05, 0.1) is 11.1 Å². The van der Waals surface area contributed by atoms with Gasteiger partial charge in [-0.3, -0.25) is 4.79 Å². The second-order valence-corrected chi connectivity index (χ2v) is 9.41. The first-order valence-electron chi connectivity index (χ1n) is 9.98. The van der Waals surface area contributed by atoms with Crippen molar-refractivity contribution in [2.45, 2.75) is 24.3 Å². The first-order chi connectivity index (χ1) is 15.5. The van der Waals surface area contributed by atoms with E-state index in [1.165, 1.54) is 31.2 Å². The molecule has 0 saturated carbocycles. The monoisotopic (exact) mass is 479 g/mol. The number of carbonyl (C=O) groups excluding carboxylic acids is 1. The zero-order valence-electron chi connectivity index (χ0n) is 17.4. The summed E-state index contributed by atoms with van der Waals surface area (Å²) in [4.78, 5) is 22.8. The largest absolute Gasteiger partial charge is 0.355 e. The van der Waals surface area contributed by atoms with E-state index in [0.717, 1.165) is 12.3 Å². The van der Waals surface area contributed by atoms with Gasteiger partial charge in [0.25, 0.3) is 21.9 Å². The number of aromatic nitrogens is 2. The van der Waals surface area contributed by atoms with Gasteiger partial charge in [-0.2, -0.15) is 0 Å². The van der Waals surface area contributed by atoms with Crippen molar-refractivity contribution in [1.82, 2.24) is 9.97 Å². The lowest BCUT2D eigenvalue weighted by molar-refractivity contribution is -0.0652. The zero-order valence-corrected chi connectivity index (χ0v) is 18.2. The number of sulfonamides is 1. The van der Waals surface area contributed by atoms with Gasteiger partial charge >= 0.3 is 0 Å². The fourth-order valence-corrected chi connectivity index (χ4v) is 4.18. The molecule has 1 atom stereocenters. The molecule has 2 aromatic heterocycles. The van der Waals surface area contributed by atoms with E-state index in [1.54, 1.807) is 11.0 Å². The van der Waals surface area contributed by atoms with Gasteiger partial charge in [-0.05, 0) is 24.3 Å². The number of nitrogens with one attached hydrogen (secondary N) is 1. The Morgan fingerprint density at radius 3 is 2.73 bits per heavy atom. The molecule has 3 aromatic rings. The summed E-state index contributed by atoms with van der Waals surface area (Å²) >= 11 is 0. The minimum Gasteiger partial charge on any atom is -0.355 e. The third kappa shape index (κ3) is 4.62. The van der Waals surface area contributed by atoms with Crippen molar-refractivity contribution < 1.29 is 26.4 Å². The number of pyridine rings is 2. The summed E-state index contributed by atoms with van der Waals surface area (Å²) in [6, 6.07) is 7.98. The summed E-state index contributed by atoms with van der Waals surface area (Å²) < 4.78 is 65.6. The molecule has 1 saturated heterocycles. The number of halogens is 3. The van der Waals surface area contributed by atoms with Crippen LogP contribution in [0, 0.1) is 11.7 Å². The van der Waals surface area contributed by atoms with Gasteiger partial charge in [0.2, 0.25) is 0 Å². The normalized spacial score (nSPS) is 18.3. The molecule has 8 nitrogen and oxygen atoms in total. The number of alkyl halides is 2. The number of anilines is 2. The highest BCUT2D eigenvalue weighted by Gasteiger charge is 2.42. The molecule has 4 rings (SSSR count). The number of hydrogen-bond donors (Lipinski definition) is 2. The Morgan fingerprint density at radius 1 is 1.27 bits per heavy atom. The summed E-state index contributed by atoms with van der Waals surface area (Å²) in [5.74, 6) is -5.01.